The van der Waals surface area contributed by atoms with Crippen LogP contribution in [0.5, 0.6) is 11.5 Å². The van der Waals surface area contributed by atoms with Crippen LogP contribution in [0, 0.1) is 0 Å². The third kappa shape index (κ3) is 5.00. The molecule has 2 aromatic rings. The Balaban J connectivity index is 2.10. The Kier molecular flexibility index (Phi) is 6.47. The molecule has 0 fully saturated rings. The minimum absolute atomic E-state index is 0.117. The van der Waals surface area contributed by atoms with E-state index in [0.717, 1.165) is 11.1 Å². The van der Waals surface area contributed by atoms with Crippen LogP contribution in [0.4, 0.5) is 0 Å². The maximum absolute atomic E-state index is 12.3. The minimum atomic E-state index is -0.117. The molecule has 1 heterocycles. The van der Waals surface area contributed by atoms with Crippen LogP contribution in [0.3, 0.4) is 0 Å². The van der Waals surface area contributed by atoms with Gasteiger partial charge in [-0.05, 0) is 30.7 Å². The molecule has 0 unspecified atom stereocenters. The molecule has 0 aliphatic rings. The first-order chi connectivity index (χ1) is 11.9. The van der Waals surface area contributed by atoms with E-state index in [9.17, 15) is 4.79 Å². The molecule has 0 aliphatic carbocycles. The number of aromatic nitrogens is 2. The van der Waals surface area contributed by atoms with Crippen LogP contribution < -0.4 is 9.47 Å². The normalized spacial score (nSPS) is 10.9. The van der Waals surface area contributed by atoms with Gasteiger partial charge in [-0.3, -0.25) is 9.48 Å². The van der Waals surface area contributed by atoms with E-state index in [4.69, 9.17) is 21.1 Å². The molecule has 7 heteroatoms. The molecule has 134 valence electrons. The molecule has 0 spiro atoms. The molecule has 0 bridgehead atoms. The van der Waals surface area contributed by atoms with Crippen LogP contribution in [0.2, 0.25) is 5.02 Å². The number of hydrogen-bond donors (Lipinski definition) is 0. The number of carbonyl (C=O) groups excluding carboxylic acids is 1. The molecule has 1 aromatic carbocycles. The molecule has 25 heavy (non-hydrogen) atoms. The highest BCUT2D eigenvalue weighted by Gasteiger charge is 2.11. The van der Waals surface area contributed by atoms with Gasteiger partial charge in [-0.2, -0.15) is 5.10 Å². The molecule has 0 saturated heterocycles. The first-order valence-electron chi connectivity index (χ1n) is 7.85. The Labute approximate surface area is 152 Å². The van der Waals surface area contributed by atoms with Crippen LogP contribution in [-0.2, 0) is 18.4 Å². The van der Waals surface area contributed by atoms with Gasteiger partial charge in [0.05, 0.1) is 24.9 Å². The van der Waals surface area contributed by atoms with E-state index in [-0.39, 0.29) is 5.91 Å². The van der Waals surface area contributed by atoms with E-state index >= 15 is 0 Å². The number of amides is 1. The van der Waals surface area contributed by atoms with E-state index < -0.39 is 0 Å². The summed E-state index contributed by atoms with van der Waals surface area (Å²) in [6.07, 6.45) is 6.83. The fraction of sp³-hybridized carbons (Fsp3) is 0.333. The third-order valence-corrected chi connectivity index (χ3v) is 3.79. The van der Waals surface area contributed by atoms with E-state index in [0.29, 0.717) is 29.7 Å². The van der Waals surface area contributed by atoms with E-state index in [1.165, 1.54) is 13.2 Å². The minimum Gasteiger partial charge on any atom is -0.491 e. The Bertz CT molecular complexity index is 771. The zero-order valence-electron chi connectivity index (χ0n) is 14.8. The number of benzene rings is 1. The summed E-state index contributed by atoms with van der Waals surface area (Å²) >= 11 is 6.21. The van der Waals surface area contributed by atoms with Crippen molar-refractivity contribution in [2.24, 2.45) is 7.05 Å². The maximum atomic E-state index is 12.3. The first kappa shape index (κ1) is 18.9. The second-order valence-corrected chi connectivity index (χ2v) is 5.92. The average molecular weight is 364 g/mol. The Morgan fingerprint density at radius 1 is 1.44 bits per heavy atom. The van der Waals surface area contributed by atoms with E-state index in [2.05, 4.69) is 5.10 Å². The lowest BCUT2D eigenvalue weighted by molar-refractivity contribution is -0.125. The lowest BCUT2D eigenvalue weighted by Gasteiger charge is -2.14. The standard InChI is InChI=1S/C18H22ClN3O3/c1-5-25-16-9-13(8-15(19)18(16)24-4)6-7-17(23)21(2)11-14-10-20-22(3)12-14/h6-10,12H,5,11H2,1-4H3/b7-6+. The van der Waals surface area contributed by atoms with Gasteiger partial charge in [-0.25, -0.2) is 0 Å². The number of ether oxygens (including phenoxy) is 2. The predicted octanol–water partition coefficient (Wildman–Crippen LogP) is 3.15. The summed E-state index contributed by atoms with van der Waals surface area (Å²) < 4.78 is 12.5. The summed E-state index contributed by atoms with van der Waals surface area (Å²) in [4.78, 5) is 13.9. The topological polar surface area (TPSA) is 56.6 Å². The molecule has 0 N–H and O–H groups in total. The van der Waals surface area contributed by atoms with E-state index in [1.807, 2.05) is 20.2 Å². The molecule has 0 radical (unpaired) electrons. The van der Waals surface area contributed by atoms with Gasteiger partial charge in [-0.1, -0.05) is 11.6 Å². The molecule has 1 amide bonds. The lowest BCUT2D eigenvalue weighted by atomic mass is 10.2. The molecular formula is C18H22ClN3O3. The monoisotopic (exact) mass is 363 g/mol. The van der Waals surface area contributed by atoms with Gasteiger partial charge in [0.25, 0.3) is 0 Å². The molecule has 0 atom stereocenters. The van der Waals surface area contributed by atoms with Gasteiger partial charge in [0.2, 0.25) is 5.91 Å². The number of aryl methyl sites for hydroxylation is 1. The zero-order chi connectivity index (χ0) is 18.4. The van der Waals surface area contributed by atoms with Gasteiger partial charge in [0, 0.05) is 38.5 Å². The smallest absolute Gasteiger partial charge is 0.246 e. The lowest BCUT2D eigenvalue weighted by Crippen LogP contribution is -2.23. The molecule has 1 aromatic heterocycles. The molecule has 2 rings (SSSR count). The second-order valence-electron chi connectivity index (χ2n) is 5.52. The van der Waals surface area contributed by atoms with Crippen molar-refractivity contribution in [2.75, 3.05) is 20.8 Å². The van der Waals surface area contributed by atoms with Crippen molar-refractivity contribution in [2.45, 2.75) is 13.5 Å². The summed E-state index contributed by atoms with van der Waals surface area (Å²) in [6, 6.07) is 3.52. The summed E-state index contributed by atoms with van der Waals surface area (Å²) in [7, 11) is 5.12. The predicted molar refractivity (Wildman–Crippen MR) is 97.9 cm³/mol. The molecule has 6 nitrogen and oxygen atoms in total. The molecule has 0 aliphatic heterocycles. The van der Waals surface area contributed by atoms with Gasteiger partial charge in [-0.15, -0.1) is 0 Å². The van der Waals surface area contributed by atoms with E-state index in [1.54, 1.807) is 41.0 Å². The van der Waals surface area contributed by atoms with Crippen LogP contribution in [0.1, 0.15) is 18.1 Å². The highest BCUT2D eigenvalue weighted by Crippen LogP contribution is 2.36. The Morgan fingerprint density at radius 3 is 2.80 bits per heavy atom. The largest absolute Gasteiger partial charge is 0.491 e. The quantitative estimate of drug-likeness (QED) is 0.709. The Morgan fingerprint density at radius 2 is 2.20 bits per heavy atom. The summed E-state index contributed by atoms with van der Waals surface area (Å²) in [5.41, 5.74) is 1.73. The second kappa shape index (κ2) is 8.58. The fourth-order valence-corrected chi connectivity index (χ4v) is 2.64. The van der Waals surface area contributed by atoms with Crippen molar-refractivity contribution in [1.82, 2.24) is 14.7 Å². The van der Waals surface area contributed by atoms with Crippen molar-refractivity contribution in [3.05, 3.63) is 46.8 Å². The first-order valence-corrected chi connectivity index (χ1v) is 8.23. The number of halogens is 1. The molecular weight excluding hydrogens is 342 g/mol. The summed E-state index contributed by atoms with van der Waals surface area (Å²) in [5.74, 6) is 0.919. The highest BCUT2D eigenvalue weighted by atomic mass is 35.5. The number of nitrogens with zero attached hydrogens (tertiary/aromatic N) is 3. The van der Waals surface area contributed by atoms with Crippen LogP contribution in [0.15, 0.2) is 30.6 Å². The van der Waals surface area contributed by atoms with Crippen LogP contribution in [0.25, 0.3) is 6.08 Å². The van der Waals surface area contributed by atoms with Crippen molar-refractivity contribution < 1.29 is 14.3 Å². The molecule has 0 saturated carbocycles. The number of rotatable bonds is 7. The number of likely N-dealkylation sites (N-methyl/N-ethyl adjacent to an activating group) is 1. The van der Waals surface area contributed by atoms with Gasteiger partial charge >= 0.3 is 0 Å². The summed E-state index contributed by atoms with van der Waals surface area (Å²) in [5, 5.41) is 4.53. The summed E-state index contributed by atoms with van der Waals surface area (Å²) in [6.45, 7) is 2.87. The Hall–Kier alpha value is -2.47. The third-order valence-electron chi connectivity index (χ3n) is 3.51. The number of carbonyl (C=O) groups is 1. The average Bonchev–Trinajstić information content (AvgIpc) is 2.97. The van der Waals surface area contributed by atoms with Crippen molar-refractivity contribution in [1.29, 1.82) is 0 Å². The van der Waals surface area contributed by atoms with Gasteiger partial charge in [0.15, 0.2) is 11.5 Å². The van der Waals surface area contributed by atoms with Gasteiger partial charge in [0.1, 0.15) is 0 Å². The van der Waals surface area contributed by atoms with Crippen LogP contribution in [-0.4, -0.2) is 41.4 Å². The van der Waals surface area contributed by atoms with Crippen molar-refractivity contribution in [3.63, 3.8) is 0 Å². The SMILES string of the molecule is CCOc1cc(/C=C/C(=O)N(C)Cc2cnn(C)c2)cc(Cl)c1OC. The van der Waals surface area contributed by atoms with Crippen molar-refractivity contribution in [3.8, 4) is 11.5 Å². The van der Waals surface area contributed by atoms with Crippen molar-refractivity contribution >= 4 is 23.6 Å². The maximum Gasteiger partial charge on any atom is 0.246 e. The number of hydrogen-bond acceptors (Lipinski definition) is 4. The van der Waals surface area contributed by atoms with Crippen LogP contribution >= 0.6 is 11.6 Å². The zero-order valence-corrected chi connectivity index (χ0v) is 15.6. The van der Waals surface area contributed by atoms with Gasteiger partial charge < -0.3 is 14.4 Å². The highest BCUT2D eigenvalue weighted by molar-refractivity contribution is 6.32. The fourth-order valence-electron chi connectivity index (χ4n) is 2.35. The number of methoxy groups -OCH3 is 1.